The standard InChI is InChI=1S/C18H18OSe/c19-12-11-16-13-20-18(15-9-5-2-6-10-15)17(16)14-7-3-1-4-8-14/h1-10,16,19H,11-13H2. The zero-order valence-corrected chi connectivity index (χ0v) is 13.0. The Morgan fingerprint density at radius 3 is 2.10 bits per heavy atom. The van der Waals surface area contributed by atoms with Crippen molar-refractivity contribution in [3.63, 3.8) is 0 Å². The van der Waals surface area contributed by atoms with Gasteiger partial charge in [-0.2, -0.15) is 0 Å². The SMILES string of the molecule is OCCC1C[Se]C(c2ccccc2)=C1c1ccccc1. The monoisotopic (exact) mass is 330 g/mol. The molecule has 1 heterocycles. The molecule has 3 rings (SSSR count). The number of hydrogen-bond donors (Lipinski definition) is 1. The fourth-order valence-corrected chi connectivity index (χ4v) is 5.76. The molecule has 20 heavy (non-hydrogen) atoms. The molecule has 0 amide bonds. The van der Waals surface area contributed by atoms with Crippen LogP contribution < -0.4 is 0 Å². The van der Waals surface area contributed by atoms with Crippen molar-refractivity contribution in [1.29, 1.82) is 0 Å². The third-order valence-electron chi connectivity index (χ3n) is 3.68. The van der Waals surface area contributed by atoms with Crippen LogP contribution in [0.4, 0.5) is 0 Å². The number of aliphatic hydroxyl groups excluding tert-OH is 1. The summed E-state index contributed by atoms with van der Waals surface area (Å²) in [4.78, 5) is 0. The number of allylic oxidation sites excluding steroid dienone is 1. The average molecular weight is 329 g/mol. The van der Waals surface area contributed by atoms with Gasteiger partial charge in [-0.1, -0.05) is 0 Å². The van der Waals surface area contributed by atoms with Crippen molar-refractivity contribution in [3.05, 3.63) is 71.8 Å². The Kier molecular flexibility index (Phi) is 4.37. The molecule has 0 saturated heterocycles. The van der Waals surface area contributed by atoms with Crippen LogP contribution in [0.3, 0.4) is 0 Å². The van der Waals surface area contributed by atoms with E-state index >= 15 is 0 Å². The Hall–Kier alpha value is -1.34. The summed E-state index contributed by atoms with van der Waals surface area (Å²) >= 11 is 0.506. The van der Waals surface area contributed by atoms with E-state index in [1.165, 1.54) is 26.5 Å². The van der Waals surface area contributed by atoms with Crippen LogP contribution in [-0.4, -0.2) is 26.7 Å². The molecule has 2 aromatic rings. The number of hydrogen-bond acceptors (Lipinski definition) is 1. The zero-order valence-electron chi connectivity index (χ0n) is 11.3. The Bertz CT molecular complexity index is 589. The van der Waals surface area contributed by atoms with Crippen molar-refractivity contribution < 1.29 is 5.11 Å². The van der Waals surface area contributed by atoms with Gasteiger partial charge in [0.05, 0.1) is 0 Å². The maximum absolute atomic E-state index is 9.33. The van der Waals surface area contributed by atoms with Gasteiger partial charge in [0.2, 0.25) is 0 Å². The maximum atomic E-state index is 9.33. The van der Waals surface area contributed by atoms with Crippen molar-refractivity contribution in [2.45, 2.75) is 11.7 Å². The van der Waals surface area contributed by atoms with Crippen LogP contribution in [0.5, 0.6) is 0 Å². The van der Waals surface area contributed by atoms with Gasteiger partial charge in [0.15, 0.2) is 0 Å². The van der Waals surface area contributed by atoms with E-state index in [0.717, 1.165) is 6.42 Å². The molecule has 2 aromatic carbocycles. The summed E-state index contributed by atoms with van der Waals surface area (Å²) < 4.78 is 1.52. The van der Waals surface area contributed by atoms with E-state index in [9.17, 15) is 5.11 Å². The van der Waals surface area contributed by atoms with Crippen molar-refractivity contribution in [2.75, 3.05) is 6.61 Å². The van der Waals surface area contributed by atoms with Gasteiger partial charge >= 0.3 is 126 Å². The molecule has 0 aromatic heterocycles. The molecule has 1 aliphatic rings. The Balaban J connectivity index is 2.08. The molecule has 1 nitrogen and oxygen atoms in total. The first-order valence-corrected chi connectivity index (χ1v) is 9.05. The molecule has 1 unspecified atom stereocenters. The van der Waals surface area contributed by atoms with Crippen LogP contribution in [-0.2, 0) is 0 Å². The van der Waals surface area contributed by atoms with Gasteiger partial charge in [-0.05, 0) is 0 Å². The quantitative estimate of drug-likeness (QED) is 0.848. The molecule has 2 heteroatoms. The first kappa shape index (κ1) is 13.6. The van der Waals surface area contributed by atoms with Crippen LogP contribution >= 0.6 is 0 Å². The Labute approximate surface area is 126 Å². The Morgan fingerprint density at radius 1 is 0.900 bits per heavy atom. The van der Waals surface area contributed by atoms with Gasteiger partial charge in [0.25, 0.3) is 0 Å². The third-order valence-corrected chi connectivity index (χ3v) is 6.44. The van der Waals surface area contributed by atoms with E-state index in [1.54, 1.807) is 0 Å². The van der Waals surface area contributed by atoms with Crippen molar-refractivity contribution in [3.8, 4) is 0 Å². The summed E-state index contributed by atoms with van der Waals surface area (Å²) in [5.41, 5.74) is 4.14. The van der Waals surface area contributed by atoms with E-state index in [-0.39, 0.29) is 6.61 Å². The summed E-state index contributed by atoms with van der Waals surface area (Å²) in [5.74, 6) is 0.512. The van der Waals surface area contributed by atoms with E-state index in [0.29, 0.717) is 20.9 Å². The topological polar surface area (TPSA) is 20.2 Å². The molecule has 0 bridgehead atoms. The van der Waals surface area contributed by atoms with Gasteiger partial charge in [-0.3, -0.25) is 0 Å². The summed E-state index contributed by atoms with van der Waals surface area (Å²) in [6.45, 7) is 0.277. The third kappa shape index (κ3) is 2.73. The second-order valence-corrected chi connectivity index (χ2v) is 7.16. The minimum absolute atomic E-state index is 0.277. The fourth-order valence-electron chi connectivity index (χ4n) is 2.73. The summed E-state index contributed by atoms with van der Waals surface area (Å²) in [6, 6.07) is 21.4. The summed E-state index contributed by atoms with van der Waals surface area (Å²) in [7, 11) is 0. The summed E-state index contributed by atoms with van der Waals surface area (Å²) in [6.07, 6.45) is 0.877. The molecule has 1 aliphatic heterocycles. The van der Waals surface area contributed by atoms with Gasteiger partial charge in [-0.15, -0.1) is 0 Å². The molecule has 0 spiro atoms. The molecular weight excluding hydrogens is 311 g/mol. The fraction of sp³-hybridized carbons (Fsp3) is 0.222. The molecule has 102 valence electrons. The molecule has 0 radical (unpaired) electrons. The second kappa shape index (κ2) is 6.41. The van der Waals surface area contributed by atoms with Crippen LogP contribution in [0.2, 0.25) is 5.32 Å². The molecule has 1 atom stereocenters. The van der Waals surface area contributed by atoms with Crippen molar-refractivity contribution in [2.24, 2.45) is 5.92 Å². The predicted octanol–water partition coefficient (Wildman–Crippen LogP) is 3.69. The van der Waals surface area contributed by atoms with E-state index in [4.69, 9.17) is 0 Å². The van der Waals surface area contributed by atoms with Gasteiger partial charge in [0, 0.05) is 0 Å². The first-order chi connectivity index (χ1) is 9.90. The molecular formula is C18H18OSe. The van der Waals surface area contributed by atoms with E-state index in [2.05, 4.69) is 60.7 Å². The average Bonchev–Trinajstić information content (AvgIpc) is 2.93. The molecule has 0 saturated carbocycles. The number of benzene rings is 2. The van der Waals surface area contributed by atoms with Gasteiger partial charge in [-0.25, -0.2) is 0 Å². The first-order valence-electron chi connectivity index (χ1n) is 6.99. The second-order valence-electron chi connectivity index (χ2n) is 5.00. The van der Waals surface area contributed by atoms with Crippen LogP contribution in [0, 0.1) is 5.92 Å². The predicted molar refractivity (Wildman–Crippen MR) is 85.5 cm³/mol. The van der Waals surface area contributed by atoms with E-state index < -0.39 is 0 Å². The van der Waals surface area contributed by atoms with Crippen molar-refractivity contribution >= 4 is 25.0 Å². The molecule has 1 N–H and O–H groups in total. The molecule has 0 fully saturated rings. The van der Waals surface area contributed by atoms with Gasteiger partial charge < -0.3 is 0 Å². The molecule has 0 aliphatic carbocycles. The zero-order chi connectivity index (χ0) is 13.8. The van der Waals surface area contributed by atoms with E-state index in [1.807, 2.05) is 0 Å². The normalized spacial score (nSPS) is 18.6. The van der Waals surface area contributed by atoms with Gasteiger partial charge in [0.1, 0.15) is 0 Å². The summed E-state index contributed by atoms with van der Waals surface area (Å²) in [5, 5.41) is 10.5. The van der Waals surface area contributed by atoms with Crippen molar-refractivity contribution in [1.82, 2.24) is 0 Å². The van der Waals surface area contributed by atoms with Crippen LogP contribution in [0.15, 0.2) is 60.7 Å². The Morgan fingerprint density at radius 2 is 1.50 bits per heavy atom. The van der Waals surface area contributed by atoms with Crippen LogP contribution in [0.1, 0.15) is 17.5 Å². The minimum atomic E-state index is 0.277. The van der Waals surface area contributed by atoms with Crippen LogP contribution in [0.25, 0.3) is 10.0 Å². The number of aliphatic hydroxyl groups is 1. The number of rotatable bonds is 4.